The summed E-state index contributed by atoms with van der Waals surface area (Å²) in [6.45, 7) is 1.71. The van der Waals surface area contributed by atoms with Crippen LogP contribution in [0.3, 0.4) is 0 Å². The van der Waals surface area contributed by atoms with Crippen molar-refractivity contribution < 1.29 is 24.5 Å². The van der Waals surface area contributed by atoms with E-state index in [4.69, 9.17) is 14.6 Å². The third-order valence-electron chi connectivity index (χ3n) is 5.04. The molecule has 0 spiro atoms. The van der Waals surface area contributed by atoms with Gasteiger partial charge < -0.3 is 25.0 Å². The predicted molar refractivity (Wildman–Crippen MR) is 116 cm³/mol. The average molecular weight is 430 g/mol. The Morgan fingerprint density at radius 3 is 2.77 bits per heavy atom. The Morgan fingerprint density at radius 1 is 1.13 bits per heavy atom. The van der Waals surface area contributed by atoms with Crippen LogP contribution in [0.4, 0.5) is 0 Å². The summed E-state index contributed by atoms with van der Waals surface area (Å²) >= 11 is 0. The molecule has 1 aromatic heterocycles. The second-order valence-electron chi connectivity index (χ2n) is 7.63. The summed E-state index contributed by atoms with van der Waals surface area (Å²) in [7, 11) is 0. The van der Waals surface area contributed by atoms with E-state index in [2.05, 4.69) is 15.2 Å². The number of nitrogens with zero attached hydrogens (tertiary/aromatic N) is 2. The number of nitrogens with one attached hydrogen (secondary N) is 1. The third-order valence-corrected chi connectivity index (χ3v) is 5.04. The maximum absolute atomic E-state index is 12.4. The quantitative estimate of drug-likeness (QED) is 0.669. The fourth-order valence-electron chi connectivity index (χ4n) is 3.38. The lowest BCUT2D eigenvalue weighted by Crippen LogP contribution is -2.41. The van der Waals surface area contributed by atoms with Gasteiger partial charge in [-0.15, -0.1) is 0 Å². The van der Waals surface area contributed by atoms with Crippen molar-refractivity contribution >= 4 is 5.91 Å². The fraction of sp³-hybridized carbons (Fsp3) is 0.478. The second kappa shape index (κ2) is 12.2. The van der Waals surface area contributed by atoms with Gasteiger partial charge in [-0.25, -0.2) is 4.98 Å². The van der Waals surface area contributed by atoms with E-state index in [1.54, 1.807) is 6.20 Å². The van der Waals surface area contributed by atoms with Crippen LogP contribution in [-0.4, -0.2) is 65.0 Å². The van der Waals surface area contributed by atoms with Crippen molar-refractivity contribution in [3.63, 3.8) is 0 Å². The molecule has 8 nitrogen and oxygen atoms in total. The highest BCUT2D eigenvalue weighted by molar-refractivity contribution is 5.78. The predicted octanol–water partition coefficient (Wildman–Crippen LogP) is 2.10. The van der Waals surface area contributed by atoms with Crippen molar-refractivity contribution in [2.45, 2.75) is 38.3 Å². The number of hydrogen-bond donors (Lipinski definition) is 3. The van der Waals surface area contributed by atoms with Gasteiger partial charge in [-0.05, 0) is 37.6 Å². The molecule has 168 valence electrons. The van der Waals surface area contributed by atoms with Gasteiger partial charge >= 0.3 is 0 Å². The monoisotopic (exact) mass is 429 g/mol. The number of benzene rings is 1. The van der Waals surface area contributed by atoms with E-state index >= 15 is 0 Å². The van der Waals surface area contributed by atoms with Crippen molar-refractivity contribution in [3.8, 4) is 17.4 Å². The van der Waals surface area contributed by atoms with E-state index in [1.807, 2.05) is 36.4 Å². The summed E-state index contributed by atoms with van der Waals surface area (Å²) in [6.07, 6.45) is 4.72. The maximum Gasteiger partial charge on any atom is 0.234 e. The Balaban J connectivity index is 1.76. The highest BCUT2D eigenvalue weighted by Gasteiger charge is 2.17. The van der Waals surface area contributed by atoms with Crippen molar-refractivity contribution in [2.24, 2.45) is 0 Å². The lowest BCUT2D eigenvalue weighted by atomic mass is 10.1. The number of aromatic nitrogens is 1. The standard InChI is InChI=1S/C23H31N3O5/c27-17-19(28)14-25-22(29)16-26-12-5-1-2-6-13-30-20-9-3-4-10-21(20)31-23-18(15-26)8-7-11-24-23/h3-4,7-11,19,27-28H,1-2,5-6,12-17H2,(H,25,29). The van der Waals surface area contributed by atoms with Gasteiger partial charge in [-0.1, -0.05) is 31.0 Å². The average Bonchev–Trinajstić information content (AvgIpc) is 2.78. The first-order chi connectivity index (χ1) is 15.2. The van der Waals surface area contributed by atoms with E-state index in [-0.39, 0.29) is 25.6 Å². The zero-order chi connectivity index (χ0) is 21.9. The zero-order valence-corrected chi connectivity index (χ0v) is 17.7. The van der Waals surface area contributed by atoms with Gasteiger partial charge in [-0.2, -0.15) is 0 Å². The van der Waals surface area contributed by atoms with Gasteiger partial charge in [-0.3, -0.25) is 9.69 Å². The first-order valence-electron chi connectivity index (χ1n) is 10.8. The Hall–Kier alpha value is -2.68. The molecule has 0 aliphatic carbocycles. The van der Waals surface area contributed by atoms with Crippen LogP contribution in [-0.2, 0) is 11.3 Å². The molecule has 1 aliphatic rings. The number of pyridine rings is 1. The summed E-state index contributed by atoms with van der Waals surface area (Å²) in [6, 6.07) is 11.4. The molecule has 0 fully saturated rings. The first kappa shape index (κ1) is 23.0. The summed E-state index contributed by atoms with van der Waals surface area (Å²) < 4.78 is 12.0. The summed E-state index contributed by atoms with van der Waals surface area (Å²) in [4.78, 5) is 18.8. The molecule has 31 heavy (non-hydrogen) atoms. The van der Waals surface area contributed by atoms with Crippen molar-refractivity contribution in [1.82, 2.24) is 15.2 Å². The minimum Gasteiger partial charge on any atom is -0.490 e. The van der Waals surface area contributed by atoms with Gasteiger partial charge in [0.05, 0.1) is 25.9 Å². The van der Waals surface area contributed by atoms with Crippen LogP contribution < -0.4 is 14.8 Å². The molecule has 1 aromatic carbocycles. The number of para-hydroxylation sites is 2. The van der Waals surface area contributed by atoms with E-state index in [9.17, 15) is 9.90 Å². The number of hydrogen-bond acceptors (Lipinski definition) is 7. The smallest absolute Gasteiger partial charge is 0.234 e. The fourth-order valence-corrected chi connectivity index (χ4v) is 3.38. The number of rotatable bonds is 5. The molecule has 1 amide bonds. The molecule has 8 heteroatoms. The number of carbonyl (C=O) groups is 1. The van der Waals surface area contributed by atoms with Gasteiger partial charge in [0.2, 0.25) is 11.8 Å². The molecular formula is C23H31N3O5. The molecular weight excluding hydrogens is 398 g/mol. The molecule has 0 saturated heterocycles. The molecule has 1 aliphatic heterocycles. The molecule has 1 unspecified atom stereocenters. The SMILES string of the molecule is O=C(CN1CCCCCCOc2ccccc2Oc2ncccc2C1)NCC(O)CO. The molecule has 0 bridgehead atoms. The minimum atomic E-state index is -0.955. The van der Waals surface area contributed by atoms with Gasteiger partial charge in [0, 0.05) is 24.8 Å². The van der Waals surface area contributed by atoms with Gasteiger partial charge in [0.15, 0.2) is 11.5 Å². The van der Waals surface area contributed by atoms with Crippen molar-refractivity contribution in [1.29, 1.82) is 0 Å². The zero-order valence-electron chi connectivity index (χ0n) is 17.7. The molecule has 0 saturated carbocycles. The summed E-state index contributed by atoms with van der Waals surface area (Å²) in [5.41, 5.74) is 0.873. The Bertz CT molecular complexity index is 832. The largest absolute Gasteiger partial charge is 0.490 e. The molecule has 3 rings (SSSR count). The number of aliphatic hydroxyl groups excluding tert-OH is 2. The maximum atomic E-state index is 12.4. The Morgan fingerprint density at radius 2 is 1.94 bits per heavy atom. The summed E-state index contributed by atoms with van der Waals surface area (Å²) in [5, 5.41) is 21.1. The molecule has 0 radical (unpaired) electrons. The molecule has 1 atom stereocenters. The Kier molecular flexibility index (Phi) is 9.08. The van der Waals surface area contributed by atoms with Crippen LogP contribution in [0.15, 0.2) is 42.6 Å². The van der Waals surface area contributed by atoms with E-state index in [0.29, 0.717) is 30.5 Å². The molecule has 2 heterocycles. The van der Waals surface area contributed by atoms with Crippen LogP contribution >= 0.6 is 0 Å². The van der Waals surface area contributed by atoms with Crippen molar-refractivity contribution in [2.75, 3.05) is 32.8 Å². The second-order valence-corrected chi connectivity index (χ2v) is 7.63. The first-order valence-corrected chi connectivity index (χ1v) is 10.8. The molecule has 2 aromatic rings. The topological polar surface area (TPSA) is 104 Å². The number of carbonyl (C=O) groups excluding carboxylic acids is 1. The van der Waals surface area contributed by atoms with E-state index < -0.39 is 6.10 Å². The normalized spacial score (nSPS) is 16.6. The van der Waals surface area contributed by atoms with Crippen LogP contribution in [0.5, 0.6) is 17.4 Å². The van der Waals surface area contributed by atoms with Crippen LogP contribution in [0.1, 0.15) is 31.2 Å². The Labute approximate surface area is 182 Å². The van der Waals surface area contributed by atoms with E-state index in [1.165, 1.54) is 0 Å². The highest BCUT2D eigenvalue weighted by Crippen LogP contribution is 2.32. The number of aliphatic hydroxyl groups is 2. The van der Waals surface area contributed by atoms with Crippen LogP contribution in [0.25, 0.3) is 0 Å². The minimum absolute atomic E-state index is 0.0290. The lowest BCUT2D eigenvalue weighted by Gasteiger charge is -2.23. The van der Waals surface area contributed by atoms with Crippen molar-refractivity contribution in [3.05, 3.63) is 48.2 Å². The van der Waals surface area contributed by atoms with Crippen LogP contribution in [0.2, 0.25) is 0 Å². The number of fused-ring (bicyclic) bond motifs is 2. The highest BCUT2D eigenvalue weighted by atomic mass is 16.5. The van der Waals surface area contributed by atoms with Gasteiger partial charge in [0.1, 0.15) is 0 Å². The number of amides is 1. The molecule has 3 N–H and O–H groups in total. The third kappa shape index (κ3) is 7.50. The lowest BCUT2D eigenvalue weighted by molar-refractivity contribution is -0.123. The van der Waals surface area contributed by atoms with Crippen LogP contribution in [0, 0.1) is 0 Å². The van der Waals surface area contributed by atoms with Gasteiger partial charge in [0.25, 0.3) is 0 Å². The van der Waals surface area contributed by atoms with E-state index in [0.717, 1.165) is 37.8 Å². The number of ether oxygens (including phenoxy) is 2. The summed E-state index contributed by atoms with van der Waals surface area (Å²) in [5.74, 6) is 1.59.